The van der Waals surface area contributed by atoms with Crippen molar-refractivity contribution in [2.24, 2.45) is 0 Å². The highest BCUT2D eigenvalue weighted by atomic mass is 35.5. The summed E-state index contributed by atoms with van der Waals surface area (Å²) in [6, 6.07) is 0.0259. The fourth-order valence-corrected chi connectivity index (χ4v) is 2.57. The summed E-state index contributed by atoms with van der Waals surface area (Å²) in [6.07, 6.45) is 1.96. The number of aliphatic hydroxyl groups is 1. The van der Waals surface area contributed by atoms with Gasteiger partial charge in [-0.25, -0.2) is 0 Å². The Morgan fingerprint density at radius 3 is 2.45 bits per heavy atom. The van der Waals surface area contributed by atoms with E-state index in [1.807, 2.05) is 31.9 Å². The quantitative estimate of drug-likeness (QED) is 0.758. The van der Waals surface area contributed by atoms with Crippen molar-refractivity contribution in [1.29, 1.82) is 0 Å². The van der Waals surface area contributed by atoms with Gasteiger partial charge in [0.1, 0.15) is 0 Å². The molecule has 0 aliphatic carbocycles. The van der Waals surface area contributed by atoms with Crippen LogP contribution in [-0.4, -0.2) is 57.3 Å². The number of hydrogen-bond acceptors (Lipinski definition) is 7. The van der Waals surface area contributed by atoms with Crippen molar-refractivity contribution in [3.63, 3.8) is 0 Å². The largest absolute Gasteiger partial charge is 0.395 e. The van der Waals surface area contributed by atoms with Crippen molar-refractivity contribution in [3.8, 4) is 0 Å². The molecule has 6 nitrogen and oxygen atoms in total. The fraction of sp³-hybridized carbons (Fsp3) is 0.750. The molecule has 0 aliphatic rings. The Morgan fingerprint density at radius 2 is 1.95 bits per heavy atom. The summed E-state index contributed by atoms with van der Waals surface area (Å²) < 4.78 is 0. The second kappa shape index (κ2) is 8.49. The van der Waals surface area contributed by atoms with Crippen LogP contribution in [0.4, 0.5) is 11.9 Å². The number of thioether (sulfide) groups is 1. The predicted octanol–water partition coefficient (Wildman–Crippen LogP) is 1.90. The summed E-state index contributed by atoms with van der Waals surface area (Å²) in [5.41, 5.74) is 0. The lowest BCUT2D eigenvalue weighted by atomic mass is 10.2. The molecule has 0 bridgehead atoms. The molecule has 1 heterocycles. The standard InChI is InChI=1S/C12H22ClN5OS/c1-5-18(6-2)12-16-10(13)15-11(17-12)14-8(3)9(7-19)20-4/h8-9,19H,5-7H2,1-4H3,(H,14,15,16,17). The molecule has 1 aromatic heterocycles. The molecule has 2 unspecified atom stereocenters. The zero-order valence-corrected chi connectivity index (χ0v) is 13.9. The van der Waals surface area contributed by atoms with E-state index in [2.05, 4.69) is 20.3 Å². The number of nitrogens with one attached hydrogen (secondary N) is 1. The van der Waals surface area contributed by atoms with E-state index < -0.39 is 0 Å². The minimum atomic E-state index is 0.0259. The van der Waals surface area contributed by atoms with Gasteiger partial charge in [-0.05, 0) is 38.6 Å². The monoisotopic (exact) mass is 319 g/mol. The first-order chi connectivity index (χ1) is 9.55. The Balaban J connectivity index is 2.90. The molecule has 2 atom stereocenters. The molecule has 0 aliphatic heterocycles. The SMILES string of the molecule is CCN(CC)c1nc(Cl)nc(NC(C)C(CO)SC)n1. The molecular weight excluding hydrogens is 298 g/mol. The zero-order valence-electron chi connectivity index (χ0n) is 12.3. The Kier molecular flexibility index (Phi) is 7.32. The van der Waals surface area contributed by atoms with E-state index in [4.69, 9.17) is 11.6 Å². The number of halogens is 1. The van der Waals surface area contributed by atoms with Crippen LogP contribution in [0.2, 0.25) is 5.28 Å². The molecule has 114 valence electrons. The summed E-state index contributed by atoms with van der Waals surface area (Å²) >= 11 is 7.55. The summed E-state index contributed by atoms with van der Waals surface area (Å²) in [5.74, 6) is 1.00. The van der Waals surface area contributed by atoms with Crippen LogP contribution in [0.25, 0.3) is 0 Å². The number of anilines is 2. The zero-order chi connectivity index (χ0) is 15.1. The van der Waals surface area contributed by atoms with Gasteiger partial charge in [-0.2, -0.15) is 26.7 Å². The van der Waals surface area contributed by atoms with Crippen molar-refractivity contribution in [2.75, 3.05) is 36.2 Å². The number of rotatable bonds is 8. The second-order valence-corrected chi connectivity index (χ2v) is 5.71. The van der Waals surface area contributed by atoms with Gasteiger partial charge in [-0.15, -0.1) is 0 Å². The Bertz CT molecular complexity index is 415. The third kappa shape index (κ3) is 4.64. The van der Waals surface area contributed by atoms with Crippen LogP contribution < -0.4 is 10.2 Å². The van der Waals surface area contributed by atoms with Crippen LogP contribution >= 0.6 is 23.4 Å². The van der Waals surface area contributed by atoms with E-state index in [0.29, 0.717) is 11.9 Å². The van der Waals surface area contributed by atoms with E-state index in [1.165, 1.54) is 0 Å². The molecule has 0 radical (unpaired) electrons. The maximum atomic E-state index is 9.30. The summed E-state index contributed by atoms with van der Waals surface area (Å²) in [4.78, 5) is 14.6. The Hall–Kier alpha value is -0.790. The highest BCUT2D eigenvalue weighted by Gasteiger charge is 2.17. The minimum Gasteiger partial charge on any atom is -0.395 e. The highest BCUT2D eigenvalue weighted by molar-refractivity contribution is 7.99. The molecule has 0 amide bonds. The van der Waals surface area contributed by atoms with Gasteiger partial charge in [-0.3, -0.25) is 0 Å². The first-order valence-corrected chi connectivity index (χ1v) is 8.28. The maximum Gasteiger partial charge on any atom is 0.231 e. The Labute approximate surface area is 129 Å². The van der Waals surface area contributed by atoms with Crippen LogP contribution in [0.5, 0.6) is 0 Å². The van der Waals surface area contributed by atoms with E-state index in [1.54, 1.807) is 11.8 Å². The van der Waals surface area contributed by atoms with Gasteiger partial charge in [0.25, 0.3) is 0 Å². The Morgan fingerprint density at radius 1 is 1.30 bits per heavy atom. The van der Waals surface area contributed by atoms with Gasteiger partial charge >= 0.3 is 0 Å². The molecular formula is C12H22ClN5OS. The van der Waals surface area contributed by atoms with Crippen molar-refractivity contribution in [3.05, 3.63) is 5.28 Å². The second-order valence-electron chi connectivity index (χ2n) is 4.29. The summed E-state index contributed by atoms with van der Waals surface area (Å²) in [5, 5.41) is 12.7. The van der Waals surface area contributed by atoms with Crippen LogP contribution in [0.15, 0.2) is 0 Å². The van der Waals surface area contributed by atoms with Crippen molar-refractivity contribution in [2.45, 2.75) is 32.1 Å². The summed E-state index contributed by atoms with van der Waals surface area (Å²) in [6.45, 7) is 7.74. The molecule has 0 aromatic carbocycles. The van der Waals surface area contributed by atoms with Crippen LogP contribution in [-0.2, 0) is 0 Å². The van der Waals surface area contributed by atoms with Gasteiger partial charge in [0.05, 0.1) is 6.61 Å². The van der Waals surface area contributed by atoms with E-state index in [0.717, 1.165) is 13.1 Å². The van der Waals surface area contributed by atoms with E-state index in [9.17, 15) is 5.11 Å². The lowest BCUT2D eigenvalue weighted by Gasteiger charge is -2.23. The van der Waals surface area contributed by atoms with Gasteiger partial charge in [0.2, 0.25) is 17.2 Å². The van der Waals surface area contributed by atoms with Gasteiger partial charge in [-0.1, -0.05) is 0 Å². The van der Waals surface area contributed by atoms with Gasteiger partial charge in [0, 0.05) is 24.4 Å². The molecule has 0 spiro atoms. The van der Waals surface area contributed by atoms with Gasteiger partial charge < -0.3 is 15.3 Å². The normalized spacial score (nSPS) is 13.9. The lowest BCUT2D eigenvalue weighted by molar-refractivity contribution is 0.288. The number of aromatic nitrogens is 3. The van der Waals surface area contributed by atoms with Crippen molar-refractivity contribution in [1.82, 2.24) is 15.0 Å². The average Bonchev–Trinajstić information content (AvgIpc) is 2.40. The molecule has 0 saturated carbocycles. The van der Waals surface area contributed by atoms with Crippen molar-refractivity contribution >= 4 is 35.3 Å². The molecule has 0 fully saturated rings. The predicted molar refractivity (Wildman–Crippen MR) is 85.9 cm³/mol. The molecule has 1 aromatic rings. The summed E-state index contributed by atoms with van der Waals surface area (Å²) in [7, 11) is 0. The molecule has 8 heteroatoms. The first-order valence-electron chi connectivity index (χ1n) is 6.62. The third-order valence-corrected chi connectivity index (χ3v) is 4.37. The van der Waals surface area contributed by atoms with E-state index >= 15 is 0 Å². The number of aliphatic hydroxyl groups excluding tert-OH is 1. The van der Waals surface area contributed by atoms with Crippen LogP contribution in [0.3, 0.4) is 0 Å². The highest BCUT2D eigenvalue weighted by Crippen LogP contribution is 2.17. The average molecular weight is 320 g/mol. The van der Waals surface area contributed by atoms with Gasteiger partial charge in [0.15, 0.2) is 0 Å². The number of hydrogen-bond donors (Lipinski definition) is 2. The van der Waals surface area contributed by atoms with E-state index in [-0.39, 0.29) is 23.2 Å². The maximum absolute atomic E-state index is 9.30. The minimum absolute atomic E-state index is 0.0259. The fourth-order valence-electron chi connectivity index (χ4n) is 1.79. The first kappa shape index (κ1) is 17.3. The third-order valence-electron chi connectivity index (χ3n) is 3.04. The molecule has 2 N–H and O–H groups in total. The lowest BCUT2D eigenvalue weighted by Crippen LogP contribution is -2.32. The van der Waals surface area contributed by atoms with Crippen LogP contribution in [0, 0.1) is 0 Å². The molecule has 20 heavy (non-hydrogen) atoms. The van der Waals surface area contributed by atoms with Crippen molar-refractivity contribution < 1.29 is 5.11 Å². The topological polar surface area (TPSA) is 74.2 Å². The number of nitrogens with zero attached hydrogens (tertiary/aromatic N) is 4. The molecule has 1 rings (SSSR count). The smallest absolute Gasteiger partial charge is 0.231 e. The van der Waals surface area contributed by atoms with Crippen LogP contribution in [0.1, 0.15) is 20.8 Å². The molecule has 0 saturated heterocycles.